The summed E-state index contributed by atoms with van der Waals surface area (Å²) in [6.07, 6.45) is 2.17. The zero-order valence-electron chi connectivity index (χ0n) is 18.9. The molecule has 4 nitrogen and oxygen atoms in total. The summed E-state index contributed by atoms with van der Waals surface area (Å²) in [7, 11) is 0. The topological polar surface area (TPSA) is 77.8 Å². The van der Waals surface area contributed by atoms with Gasteiger partial charge in [-0.05, 0) is 64.8 Å². The van der Waals surface area contributed by atoms with Crippen LogP contribution in [-0.2, 0) is 5.41 Å². The lowest BCUT2D eigenvalue weighted by Gasteiger charge is -2.33. The van der Waals surface area contributed by atoms with E-state index in [-0.39, 0.29) is 16.7 Å². The van der Waals surface area contributed by atoms with E-state index in [1.165, 1.54) is 40.5 Å². The molecule has 0 aromatic heterocycles. The van der Waals surface area contributed by atoms with Gasteiger partial charge in [-0.15, -0.1) is 0 Å². The number of aliphatic hydroxyl groups excluding tert-OH is 1. The zero-order chi connectivity index (χ0) is 23.8. The second-order valence-electron chi connectivity index (χ2n) is 9.09. The Kier molecular flexibility index (Phi) is 5.84. The monoisotopic (exact) mass is 438 g/mol. The molecule has 1 atom stereocenters. The Hall–Kier alpha value is -3.81. The van der Waals surface area contributed by atoms with Crippen molar-refractivity contribution in [3.8, 4) is 17.6 Å². The van der Waals surface area contributed by atoms with Crippen LogP contribution >= 0.6 is 0 Å². The summed E-state index contributed by atoms with van der Waals surface area (Å²) in [5.41, 5.74) is 6.79. The second-order valence-corrected chi connectivity index (χ2v) is 9.09. The molecule has 1 aliphatic rings. The molecular weight excluding hydrogens is 412 g/mol. The summed E-state index contributed by atoms with van der Waals surface area (Å²) in [6, 6.07) is 18.6. The van der Waals surface area contributed by atoms with Gasteiger partial charge in [0.1, 0.15) is 17.4 Å². The molecule has 4 rings (SSSR count). The first kappa shape index (κ1) is 22.4. The van der Waals surface area contributed by atoms with Gasteiger partial charge in [-0.3, -0.25) is 0 Å². The maximum absolute atomic E-state index is 11.0. The number of carbonyl (C=O) groups is 1. The average Bonchev–Trinajstić information content (AvgIpc) is 2.78. The van der Waals surface area contributed by atoms with E-state index in [0.29, 0.717) is 11.1 Å². The van der Waals surface area contributed by atoms with Gasteiger partial charge in [-0.2, -0.15) is 0 Å². The van der Waals surface area contributed by atoms with Gasteiger partial charge >= 0.3 is 5.97 Å². The van der Waals surface area contributed by atoms with Crippen molar-refractivity contribution in [2.24, 2.45) is 0 Å². The molecule has 0 radical (unpaired) electrons. The van der Waals surface area contributed by atoms with Gasteiger partial charge in [0.05, 0.1) is 0 Å². The predicted octanol–water partition coefficient (Wildman–Crippen LogP) is 5.60. The highest BCUT2D eigenvalue weighted by atomic mass is 16.4. The highest BCUT2D eigenvalue weighted by Gasteiger charge is 2.29. The van der Waals surface area contributed by atoms with Gasteiger partial charge in [-0.25, -0.2) is 4.79 Å². The summed E-state index contributed by atoms with van der Waals surface area (Å²) in [4.78, 5) is 11.0. The quantitative estimate of drug-likeness (QED) is 0.466. The number of carboxylic acid groups (broad SMARTS) is 1. The molecule has 0 saturated carbocycles. The number of fused-ring (bicyclic) bond motifs is 1. The molecule has 33 heavy (non-hydrogen) atoms. The van der Waals surface area contributed by atoms with Crippen LogP contribution in [0.4, 0.5) is 0 Å². The molecule has 1 unspecified atom stereocenters. The van der Waals surface area contributed by atoms with E-state index >= 15 is 0 Å². The number of aromatic carboxylic acids is 1. The van der Waals surface area contributed by atoms with Gasteiger partial charge in [0, 0.05) is 5.56 Å². The Balaban J connectivity index is 1.66. The van der Waals surface area contributed by atoms with E-state index in [4.69, 9.17) is 5.11 Å². The Labute approximate surface area is 193 Å². The van der Waals surface area contributed by atoms with Crippen molar-refractivity contribution in [3.05, 3.63) is 106 Å². The molecule has 0 spiro atoms. The SMILES string of the molecule is Cc1ccc(C2=CCC(C)(C)c3cc(C(O)C#Cc4ccc(C(=O)O)c(O)c4)ccc32)cc1. The van der Waals surface area contributed by atoms with E-state index in [0.717, 1.165) is 12.0 Å². The fourth-order valence-electron chi connectivity index (χ4n) is 4.14. The largest absolute Gasteiger partial charge is 0.507 e. The summed E-state index contributed by atoms with van der Waals surface area (Å²) in [5.74, 6) is 4.08. The minimum Gasteiger partial charge on any atom is -0.507 e. The Morgan fingerprint density at radius 2 is 1.76 bits per heavy atom. The molecule has 4 heteroatoms. The van der Waals surface area contributed by atoms with Gasteiger partial charge in [-0.1, -0.05) is 79.8 Å². The number of hydrogen-bond acceptors (Lipinski definition) is 3. The molecular formula is C29H26O4. The van der Waals surface area contributed by atoms with E-state index in [9.17, 15) is 15.0 Å². The van der Waals surface area contributed by atoms with Crippen molar-refractivity contribution < 1.29 is 20.1 Å². The number of hydrogen-bond donors (Lipinski definition) is 3. The number of aliphatic hydroxyl groups is 1. The summed E-state index contributed by atoms with van der Waals surface area (Å²) < 4.78 is 0. The number of aromatic hydroxyl groups is 1. The smallest absolute Gasteiger partial charge is 0.339 e. The van der Waals surface area contributed by atoms with Crippen LogP contribution in [0, 0.1) is 18.8 Å². The van der Waals surface area contributed by atoms with Crippen molar-refractivity contribution in [2.75, 3.05) is 0 Å². The minimum atomic E-state index is -1.21. The number of allylic oxidation sites excluding steroid dienone is 1. The van der Waals surface area contributed by atoms with Crippen LogP contribution in [0.3, 0.4) is 0 Å². The third kappa shape index (κ3) is 4.55. The number of carboxylic acids is 1. The van der Waals surface area contributed by atoms with Crippen molar-refractivity contribution in [1.29, 1.82) is 0 Å². The Morgan fingerprint density at radius 1 is 1.03 bits per heavy atom. The fourth-order valence-corrected chi connectivity index (χ4v) is 4.14. The number of aryl methyl sites for hydroxylation is 1. The number of benzene rings is 3. The summed E-state index contributed by atoms with van der Waals surface area (Å²) >= 11 is 0. The normalized spacial score (nSPS) is 15.0. The predicted molar refractivity (Wildman–Crippen MR) is 129 cm³/mol. The van der Waals surface area contributed by atoms with Crippen LogP contribution in [0.5, 0.6) is 5.75 Å². The van der Waals surface area contributed by atoms with Crippen molar-refractivity contribution >= 4 is 11.5 Å². The highest BCUT2D eigenvalue weighted by molar-refractivity contribution is 5.91. The first-order valence-corrected chi connectivity index (χ1v) is 10.8. The van der Waals surface area contributed by atoms with E-state index in [1.807, 2.05) is 12.1 Å². The van der Waals surface area contributed by atoms with Crippen LogP contribution in [0.25, 0.3) is 5.57 Å². The van der Waals surface area contributed by atoms with E-state index < -0.39 is 12.1 Å². The summed E-state index contributed by atoms with van der Waals surface area (Å²) in [5, 5.41) is 29.6. The van der Waals surface area contributed by atoms with Crippen molar-refractivity contribution in [3.63, 3.8) is 0 Å². The van der Waals surface area contributed by atoms with Crippen LogP contribution in [0.2, 0.25) is 0 Å². The molecule has 0 fully saturated rings. The Bertz CT molecular complexity index is 1320. The molecule has 0 heterocycles. The third-order valence-corrected chi connectivity index (χ3v) is 6.14. The Morgan fingerprint density at radius 3 is 2.42 bits per heavy atom. The van der Waals surface area contributed by atoms with E-state index in [1.54, 1.807) is 0 Å². The van der Waals surface area contributed by atoms with Gasteiger partial charge < -0.3 is 15.3 Å². The molecule has 3 aromatic rings. The number of phenols is 1. The molecule has 3 aromatic carbocycles. The summed E-state index contributed by atoms with van der Waals surface area (Å²) in [6.45, 7) is 6.47. The van der Waals surface area contributed by atoms with Crippen LogP contribution in [0.15, 0.2) is 66.7 Å². The van der Waals surface area contributed by atoms with Gasteiger partial charge in [0.15, 0.2) is 0 Å². The van der Waals surface area contributed by atoms with E-state index in [2.05, 4.69) is 69.0 Å². The first-order valence-electron chi connectivity index (χ1n) is 10.8. The number of rotatable bonds is 3. The standard InChI is InChI=1S/C29H26O4/c1-18-4-8-20(9-5-18)22-14-15-29(2,3)25-17-21(10-12-23(22)25)26(30)13-7-19-6-11-24(28(32)33)27(31)16-19/h4-6,8-12,14,16-17,26,30-31H,15H2,1-3H3,(H,32,33). The first-order chi connectivity index (χ1) is 15.7. The molecule has 0 saturated heterocycles. The lowest BCUT2D eigenvalue weighted by molar-refractivity contribution is 0.0693. The maximum Gasteiger partial charge on any atom is 0.339 e. The van der Waals surface area contributed by atoms with Crippen LogP contribution in [0.1, 0.15) is 70.1 Å². The highest BCUT2D eigenvalue weighted by Crippen LogP contribution is 2.42. The molecule has 0 amide bonds. The molecule has 0 bridgehead atoms. The van der Waals surface area contributed by atoms with Gasteiger partial charge in [0.25, 0.3) is 0 Å². The maximum atomic E-state index is 11.0. The van der Waals surface area contributed by atoms with Gasteiger partial charge in [0.2, 0.25) is 0 Å². The molecule has 1 aliphatic carbocycles. The lowest BCUT2D eigenvalue weighted by Crippen LogP contribution is -2.22. The fraction of sp³-hybridized carbons (Fsp3) is 0.207. The lowest BCUT2D eigenvalue weighted by atomic mass is 9.71. The third-order valence-electron chi connectivity index (χ3n) is 6.14. The van der Waals surface area contributed by atoms with Crippen LogP contribution < -0.4 is 0 Å². The average molecular weight is 439 g/mol. The van der Waals surface area contributed by atoms with Crippen LogP contribution in [-0.4, -0.2) is 21.3 Å². The minimum absolute atomic E-state index is 0.0782. The molecule has 0 aliphatic heterocycles. The molecule has 3 N–H and O–H groups in total. The van der Waals surface area contributed by atoms with Crippen molar-refractivity contribution in [1.82, 2.24) is 0 Å². The van der Waals surface area contributed by atoms with Crippen molar-refractivity contribution in [2.45, 2.75) is 38.7 Å². The molecule has 166 valence electrons. The second kappa shape index (κ2) is 8.61. The zero-order valence-corrected chi connectivity index (χ0v) is 18.9.